The third-order valence-corrected chi connectivity index (χ3v) is 6.73. The van der Waals surface area contributed by atoms with E-state index in [1.807, 2.05) is 23.3 Å². The van der Waals surface area contributed by atoms with Crippen molar-refractivity contribution in [2.75, 3.05) is 38.3 Å². The van der Waals surface area contributed by atoms with E-state index >= 15 is 0 Å². The van der Waals surface area contributed by atoms with Crippen LogP contribution in [0.4, 0.5) is 5.69 Å². The zero-order chi connectivity index (χ0) is 22.4. The van der Waals surface area contributed by atoms with Crippen LogP contribution in [0.15, 0.2) is 48.9 Å². The molecule has 4 aromatic rings. The van der Waals surface area contributed by atoms with Gasteiger partial charge in [-0.3, -0.25) is 0 Å². The Morgan fingerprint density at radius 3 is 2.73 bits per heavy atom. The molecule has 8 nitrogen and oxygen atoms in total. The molecule has 1 aliphatic carbocycles. The summed E-state index contributed by atoms with van der Waals surface area (Å²) in [6.45, 7) is 5.95. The van der Waals surface area contributed by atoms with E-state index in [-0.39, 0.29) is 5.60 Å². The molecule has 4 heterocycles. The first-order valence-electron chi connectivity index (χ1n) is 11.5. The number of benzene rings is 1. The van der Waals surface area contributed by atoms with Crippen LogP contribution >= 0.6 is 0 Å². The fourth-order valence-electron chi connectivity index (χ4n) is 4.57. The predicted octanol–water partition coefficient (Wildman–Crippen LogP) is 3.61. The number of pyridine rings is 1. The topological polar surface area (TPSA) is 70.2 Å². The van der Waals surface area contributed by atoms with E-state index in [0.29, 0.717) is 13.2 Å². The van der Waals surface area contributed by atoms with Crippen LogP contribution in [-0.4, -0.2) is 63.3 Å². The lowest BCUT2D eigenvalue weighted by atomic mass is 10.1. The summed E-state index contributed by atoms with van der Waals surface area (Å²) in [5.74, 6) is 0.784. The first-order chi connectivity index (χ1) is 16.1. The lowest BCUT2D eigenvalue weighted by molar-refractivity contribution is 0.0659. The van der Waals surface area contributed by atoms with Crippen LogP contribution in [-0.2, 0) is 16.0 Å². The number of aromatic nitrogens is 5. The van der Waals surface area contributed by atoms with Crippen LogP contribution in [0, 0.1) is 6.92 Å². The number of morpholine rings is 1. The second kappa shape index (κ2) is 7.97. The fraction of sp³-hybridized carbons (Fsp3) is 0.400. The van der Waals surface area contributed by atoms with Gasteiger partial charge in [0.2, 0.25) is 0 Å². The summed E-state index contributed by atoms with van der Waals surface area (Å²) in [4.78, 5) is 12.1. The minimum atomic E-state index is -0.0888. The molecule has 2 aliphatic rings. The van der Waals surface area contributed by atoms with Gasteiger partial charge in [-0.2, -0.15) is 5.10 Å². The van der Waals surface area contributed by atoms with Gasteiger partial charge < -0.3 is 18.9 Å². The first-order valence-corrected chi connectivity index (χ1v) is 11.5. The van der Waals surface area contributed by atoms with Crippen molar-refractivity contribution in [2.45, 2.75) is 31.9 Å². The van der Waals surface area contributed by atoms with E-state index in [1.165, 1.54) is 5.56 Å². The molecule has 8 heteroatoms. The first kappa shape index (κ1) is 20.4. The summed E-state index contributed by atoms with van der Waals surface area (Å²) in [5.41, 5.74) is 6.01. The molecular formula is C25H28N6O2. The summed E-state index contributed by atoms with van der Waals surface area (Å²) < 4.78 is 15.4. The van der Waals surface area contributed by atoms with Gasteiger partial charge in [-0.1, -0.05) is 23.8 Å². The summed E-state index contributed by atoms with van der Waals surface area (Å²) in [7, 11) is 1.79. The molecule has 0 N–H and O–H groups in total. The zero-order valence-corrected chi connectivity index (χ0v) is 19.1. The van der Waals surface area contributed by atoms with Gasteiger partial charge in [0.05, 0.1) is 43.1 Å². The fourth-order valence-corrected chi connectivity index (χ4v) is 4.57. The Morgan fingerprint density at radius 1 is 1.12 bits per heavy atom. The summed E-state index contributed by atoms with van der Waals surface area (Å²) in [5, 5.41) is 4.86. The number of anilines is 1. The molecule has 1 saturated heterocycles. The molecule has 1 saturated carbocycles. The number of imidazole rings is 1. The quantitative estimate of drug-likeness (QED) is 0.453. The second-order valence-electron chi connectivity index (χ2n) is 9.05. The Kier molecular flexibility index (Phi) is 4.92. The summed E-state index contributed by atoms with van der Waals surface area (Å²) in [6.07, 6.45) is 6.01. The van der Waals surface area contributed by atoms with Gasteiger partial charge in [-0.15, -0.1) is 0 Å². The van der Waals surface area contributed by atoms with Gasteiger partial charge in [-0.25, -0.2) is 14.6 Å². The molecule has 2 fully saturated rings. The van der Waals surface area contributed by atoms with Crippen molar-refractivity contribution < 1.29 is 9.47 Å². The van der Waals surface area contributed by atoms with Gasteiger partial charge in [0.25, 0.3) is 0 Å². The standard InChI is InChI=1S/C25H28N6O2/c1-18-4-3-5-19(14-18)20-6-9-31(28-20)22-15-21(29-10-12-33-13-11-29)23-24(27-22)30(17-26-23)16-25(32-2)7-8-25/h3-6,9,14-15,17H,7-8,10-13,16H2,1-2H3. The molecule has 0 radical (unpaired) electrons. The molecule has 1 aromatic carbocycles. The average molecular weight is 445 g/mol. The zero-order valence-electron chi connectivity index (χ0n) is 19.1. The molecular weight excluding hydrogens is 416 g/mol. The second-order valence-corrected chi connectivity index (χ2v) is 9.05. The van der Waals surface area contributed by atoms with Gasteiger partial charge >= 0.3 is 0 Å². The lowest BCUT2D eigenvalue weighted by Crippen LogP contribution is -2.36. The molecule has 1 aliphatic heterocycles. The van der Waals surface area contributed by atoms with Crippen molar-refractivity contribution in [1.82, 2.24) is 24.3 Å². The van der Waals surface area contributed by atoms with Crippen LogP contribution in [0.3, 0.4) is 0 Å². The highest BCUT2D eigenvalue weighted by molar-refractivity contribution is 5.87. The Labute approximate surface area is 192 Å². The van der Waals surface area contributed by atoms with E-state index in [2.05, 4.69) is 46.7 Å². The molecule has 6 rings (SSSR count). The highest BCUT2D eigenvalue weighted by Gasteiger charge is 2.43. The van der Waals surface area contributed by atoms with Crippen molar-refractivity contribution in [3.63, 3.8) is 0 Å². The largest absolute Gasteiger partial charge is 0.378 e. The Hall–Kier alpha value is -3.23. The molecule has 3 aromatic heterocycles. The number of rotatable bonds is 6. The van der Waals surface area contributed by atoms with Crippen LogP contribution in [0.1, 0.15) is 18.4 Å². The Bertz CT molecular complexity index is 1300. The molecule has 170 valence electrons. The molecule has 0 bridgehead atoms. The van der Waals surface area contributed by atoms with E-state index in [1.54, 1.807) is 7.11 Å². The molecule has 0 amide bonds. The van der Waals surface area contributed by atoms with Gasteiger partial charge in [0, 0.05) is 38.0 Å². The maximum Gasteiger partial charge on any atom is 0.164 e. The number of ether oxygens (including phenoxy) is 2. The molecule has 33 heavy (non-hydrogen) atoms. The van der Waals surface area contributed by atoms with Gasteiger partial charge in [0.1, 0.15) is 5.52 Å². The number of hydrogen-bond donors (Lipinski definition) is 0. The summed E-state index contributed by atoms with van der Waals surface area (Å²) in [6, 6.07) is 12.5. The van der Waals surface area contributed by atoms with Crippen LogP contribution in [0.25, 0.3) is 28.2 Å². The average Bonchev–Trinajstić information content (AvgIpc) is 3.25. The monoisotopic (exact) mass is 444 g/mol. The third-order valence-electron chi connectivity index (χ3n) is 6.73. The smallest absolute Gasteiger partial charge is 0.164 e. The van der Waals surface area contributed by atoms with Crippen molar-refractivity contribution in [1.29, 1.82) is 0 Å². The van der Waals surface area contributed by atoms with Crippen molar-refractivity contribution in [3.05, 3.63) is 54.5 Å². The minimum Gasteiger partial charge on any atom is -0.378 e. The molecule has 0 unspecified atom stereocenters. The molecule has 0 atom stereocenters. The van der Waals surface area contributed by atoms with Crippen LogP contribution < -0.4 is 4.90 Å². The minimum absolute atomic E-state index is 0.0888. The number of fused-ring (bicyclic) bond motifs is 1. The van der Waals surface area contributed by atoms with Gasteiger partial charge in [0.15, 0.2) is 11.5 Å². The number of methoxy groups -OCH3 is 1. The highest BCUT2D eigenvalue weighted by Crippen LogP contribution is 2.41. The van der Waals surface area contributed by atoms with E-state index in [4.69, 9.17) is 24.5 Å². The van der Waals surface area contributed by atoms with Crippen molar-refractivity contribution in [2.24, 2.45) is 0 Å². The highest BCUT2D eigenvalue weighted by atomic mass is 16.5. The Morgan fingerprint density at radius 2 is 1.97 bits per heavy atom. The maximum absolute atomic E-state index is 5.77. The van der Waals surface area contributed by atoms with E-state index in [0.717, 1.165) is 66.4 Å². The summed E-state index contributed by atoms with van der Waals surface area (Å²) >= 11 is 0. The lowest BCUT2D eigenvalue weighted by Gasteiger charge is -2.29. The normalized spacial score (nSPS) is 17.6. The SMILES string of the molecule is COC1(Cn2cnc3c(N4CCOCC4)cc(-n4ccc(-c5cccc(C)c5)n4)nc32)CC1. The number of hydrogen-bond acceptors (Lipinski definition) is 6. The maximum atomic E-state index is 5.77. The Balaban J connectivity index is 1.44. The van der Waals surface area contributed by atoms with Gasteiger partial charge in [-0.05, 0) is 31.9 Å². The number of nitrogens with zero attached hydrogens (tertiary/aromatic N) is 6. The van der Waals surface area contributed by atoms with E-state index < -0.39 is 0 Å². The van der Waals surface area contributed by atoms with Crippen molar-refractivity contribution in [3.8, 4) is 17.1 Å². The molecule has 0 spiro atoms. The predicted molar refractivity (Wildman–Crippen MR) is 127 cm³/mol. The van der Waals surface area contributed by atoms with Crippen molar-refractivity contribution >= 4 is 16.9 Å². The number of aryl methyl sites for hydroxylation is 1. The van der Waals surface area contributed by atoms with Crippen LogP contribution in [0.2, 0.25) is 0 Å². The van der Waals surface area contributed by atoms with E-state index in [9.17, 15) is 0 Å². The third kappa shape index (κ3) is 3.79. The van der Waals surface area contributed by atoms with Crippen LogP contribution in [0.5, 0.6) is 0 Å².